The van der Waals surface area contributed by atoms with Crippen molar-refractivity contribution in [2.75, 3.05) is 12.4 Å². The Morgan fingerprint density at radius 3 is 2.54 bits per heavy atom. The summed E-state index contributed by atoms with van der Waals surface area (Å²) < 4.78 is 46.4. The number of carbonyl (C=O) groups excluding carboxylic acids is 1. The van der Waals surface area contributed by atoms with Crippen LogP contribution in [0.25, 0.3) is 5.69 Å². The molecule has 0 aliphatic rings. The van der Waals surface area contributed by atoms with Gasteiger partial charge in [0.1, 0.15) is 11.6 Å². The number of aromatic nitrogens is 2. The van der Waals surface area contributed by atoms with E-state index in [9.17, 15) is 18.0 Å². The van der Waals surface area contributed by atoms with Gasteiger partial charge < -0.3 is 10.1 Å². The van der Waals surface area contributed by atoms with Crippen molar-refractivity contribution in [3.8, 4) is 11.4 Å². The third kappa shape index (κ3) is 4.16. The van der Waals surface area contributed by atoms with Gasteiger partial charge >= 0.3 is 6.18 Å². The van der Waals surface area contributed by atoms with Crippen LogP contribution >= 0.6 is 0 Å². The largest absolute Gasteiger partial charge is 0.496 e. The highest BCUT2D eigenvalue weighted by Crippen LogP contribution is 2.34. The molecule has 0 unspecified atom stereocenters. The van der Waals surface area contributed by atoms with Gasteiger partial charge in [-0.2, -0.15) is 18.3 Å². The fourth-order valence-corrected chi connectivity index (χ4v) is 2.88. The molecule has 0 saturated carbocycles. The molecule has 1 amide bonds. The molecule has 3 rings (SSSR count). The van der Waals surface area contributed by atoms with Crippen LogP contribution in [0.2, 0.25) is 0 Å². The van der Waals surface area contributed by atoms with Crippen molar-refractivity contribution >= 4 is 11.7 Å². The molecule has 0 aliphatic heterocycles. The van der Waals surface area contributed by atoms with E-state index in [2.05, 4.69) is 10.4 Å². The highest BCUT2D eigenvalue weighted by molar-refractivity contribution is 5.92. The monoisotopic (exact) mass is 389 g/mol. The molecule has 0 bridgehead atoms. The summed E-state index contributed by atoms with van der Waals surface area (Å²) in [5, 5.41) is 6.77. The average Bonchev–Trinajstić information content (AvgIpc) is 3.01. The molecular weight excluding hydrogens is 371 g/mol. The minimum Gasteiger partial charge on any atom is -0.496 e. The number of halogens is 3. The molecule has 5 nitrogen and oxygen atoms in total. The summed E-state index contributed by atoms with van der Waals surface area (Å²) in [4.78, 5) is 12.5. The number of methoxy groups -OCH3 is 1. The summed E-state index contributed by atoms with van der Waals surface area (Å²) in [5.41, 5.74) is 0.152. The SMILES string of the molecule is COc1ccccc1CC(=O)Nc1cc(C)nn1-c1ccccc1C(F)(F)F. The van der Waals surface area contributed by atoms with Crippen LogP contribution in [0, 0.1) is 6.92 Å². The molecule has 0 spiro atoms. The number of benzene rings is 2. The van der Waals surface area contributed by atoms with Gasteiger partial charge in [0.15, 0.2) is 0 Å². The first-order valence-corrected chi connectivity index (χ1v) is 8.44. The molecule has 1 heterocycles. The molecule has 1 aromatic heterocycles. The topological polar surface area (TPSA) is 56.1 Å². The molecule has 3 aromatic rings. The summed E-state index contributed by atoms with van der Waals surface area (Å²) in [6.45, 7) is 1.64. The van der Waals surface area contributed by atoms with Crippen molar-refractivity contribution in [2.45, 2.75) is 19.5 Å². The van der Waals surface area contributed by atoms with Crippen LogP contribution in [-0.2, 0) is 17.4 Å². The van der Waals surface area contributed by atoms with Crippen LogP contribution < -0.4 is 10.1 Å². The van der Waals surface area contributed by atoms with Gasteiger partial charge in [-0.05, 0) is 25.1 Å². The standard InChI is InChI=1S/C20H18F3N3O2/c1-13-11-18(24-19(27)12-14-7-3-6-10-17(14)28-2)26(25-13)16-9-5-4-8-15(16)20(21,22)23/h3-11H,12H2,1-2H3,(H,24,27). The van der Waals surface area contributed by atoms with Crippen LogP contribution in [0.5, 0.6) is 5.75 Å². The lowest BCUT2D eigenvalue weighted by Gasteiger charge is -2.15. The number of amides is 1. The van der Waals surface area contributed by atoms with Gasteiger partial charge in [-0.1, -0.05) is 30.3 Å². The van der Waals surface area contributed by atoms with E-state index in [0.717, 1.165) is 10.7 Å². The number of para-hydroxylation sites is 2. The molecule has 8 heteroatoms. The van der Waals surface area contributed by atoms with Gasteiger partial charge in [0, 0.05) is 11.6 Å². The zero-order chi connectivity index (χ0) is 20.3. The molecule has 0 aliphatic carbocycles. The van der Waals surface area contributed by atoms with Gasteiger partial charge in [0.25, 0.3) is 0 Å². The van der Waals surface area contributed by atoms with E-state index in [-0.39, 0.29) is 17.9 Å². The molecule has 0 atom stereocenters. The lowest BCUT2D eigenvalue weighted by atomic mass is 10.1. The number of ether oxygens (including phenoxy) is 1. The number of hydrogen-bond acceptors (Lipinski definition) is 3. The fraction of sp³-hybridized carbons (Fsp3) is 0.200. The number of aryl methyl sites for hydroxylation is 1. The first-order valence-electron chi connectivity index (χ1n) is 8.44. The average molecular weight is 389 g/mol. The third-order valence-corrected chi connectivity index (χ3v) is 4.08. The van der Waals surface area contributed by atoms with Crippen LogP contribution in [-0.4, -0.2) is 22.8 Å². The second kappa shape index (κ2) is 7.75. The summed E-state index contributed by atoms with van der Waals surface area (Å²) in [7, 11) is 1.50. The molecule has 0 saturated heterocycles. The van der Waals surface area contributed by atoms with Crippen LogP contribution in [0.3, 0.4) is 0 Å². The number of rotatable bonds is 5. The Bertz CT molecular complexity index is 996. The highest BCUT2D eigenvalue weighted by Gasteiger charge is 2.34. The van der Waals surface area contributed by atoms with E-state index >= 15 is 0 Å². The Kier molecular flexibility index (Phi) is 5.39. The van der Waals surface area contributed by atoms with E-state index in [1.165, 1.54) is 31.4 Å². The summed E-state index contributed by atoms with van der Waals surface area (Å²) in [6, 6.07) is 13.7. The number of carbonyl (C=O) groups is 1. The van der Waals surface area contributed by atoms with Crippen molar-refractivity contribution in [3.05, 3.63) is 71.4 Å². The molecular formula is C20H18F3N3O2. The number of hydrogen-bond donors (Lipinski definition) is 1. The Labute approximate surface area is 159 Å². The maximum atomic E-state index is 13.4. The quantitative estimate of drug-likeness (QED) is 0.704. The van der Waals surface area contributed by atoms with E-state index < -0.39 is 17.6 Å². The van der Waals surface area contributed by atoms with Gasteiger partial charge in [-0.3, -0.25) is 4.79 Å². The van der Waals surface area contributed by atoms with E-state index in [1.807, 2.05) is 0 Å². The molecule has 0 radical (unpaired) electrons. The highest BCUT2D eigenvalue weighted by atomic mass is 19.4. The first-order chi connectivity index (χ1) is 13.3. The maximum Gasteiger partial charge on any atom is 0.418 e. The smallest absolute Gasteiger partial charge is 0.418 e. The maximum absolute atomic E-state index is 13.4. The molecule has 0 fully saturated rings. The number of anilines is 1. The molecule has 146 valence electrons. The van der Waals surface area contributed by atoms with Gasteiger partial charge in [-0.25, -0.2) is 4.68 Å². The minimum absolute atomic E-state index is 0.00909. The van der Waals surface area contributed by atoms with E-state index in [0.29, 0.717) is 17.0 Å². The summed E-state index contributed by atoms with van der Waals surface area (Å²) in [6.07, 6.45) is -4.54. The molecule has 2 aromatic carbocycles. The van der Waals surface area contributed by atoms with Gasteiger partial charge in [-0.15, -0.1) is 0 Å². The second-order valence-corrected chi connectivity index (χ2v) is 6.13. The van der Waals surface area contributed by atoms with Crippen LogP contribution in [0.4, 0.5) is 19.0 Å². The Hall–Kier alpha value is -3.29. The van der Waals surface area contributed by atoms with Crippen molar-refractivity contribution in [1.29, 1.82) is 0 Å². The Balaban J connectivity index is 1.91. The fourth-order valence-electron chi connectivity index (χ4n) is 2.88. The first kappa shape index (κ1) is 19.5. The van der Waals surface area contributed by atoms with Crippen LogP contribution in [0.15, 0.2) is 54.6 Å². The van der Waals surface area contributed by atoms with Crippen molar-refractivity contribution in [2.24, 2.45) is 0 Å². The molecule has 1 N–H and O–H groups in total. The van der Waals surface area contributed by atoms with E-state index in [1.54, 1.807) is 31.2 Å². The van der Waals surface area contributed by atoms with Crippen molar-refractivity contribution < 1.29 is 22.7 Å². The number of alkyl halides is 3. The predicted molar refractivity (Wildman–Crippen MR) is 98.6 cm³/mol. The van der Waals surface area contributed by atoms with E-state index in [4.69, 9.17) is 4.74 Å². The lowest BCUT2D eigenvalue weighted by molar-refractivity contribution is -0.137. The molecule has 28 heavy (non-hydrogen) atoms. The number of nitrogens with one attached hydrogen (secondary N) is 1. The normalized spacial score (nSPS) is 11.3. The summed E-state index contributed by atoms with van der Waals surface area (Å²) >= 11 is 0. The predicted octanol–water partition coefficient (Wildman–Crippen LogP) is 4.39. The van der Waals surface area contributed by atoms with Crippen molar-refractivity contribution in [3.63, 3.8) is 0 Å². The number of nitrogens with zero attached hydrogens (tertiary/aromatic N) is 2. The Morgan fingerprint density at radius 2 is 1.82 bits per heavy atom. The zero-order valence-corrected chi connectivity index (χ0v) is 15.2. The van der Waals surface area contributed by atoms with Crippen molar-refractivity contribution in [1.82, 2.24) is 9.78 Å². The third-order valence-electron chi connectivity index (χ3n) is 4.08. The van der Waals surface area contributed by atoms with Gasteiger partial charge in [0.2, 0.25) is 5.91 Å². The van der Waals surface area contributed by atoms with Crippen LogP contribution in [0.1, 0.15) is 16.8 Å². The van der Waals surface area contributed by atoms with Gasteiger partial charge in [0.05, 0.1) is 30.5 Å². The zero-order valence-electron chi connectivity index (χ0n) is 15.2. The summed E-state index contributed by atoms with van der Waals surface area (Å²) in [5.74, 6) is 0.328. The second-order valence-electron chi connectivity index (χ2n) is 6.13. The Morgan fingerprint density at radius 1 is 1.14 bits per heavy atom. The minimum atomic E-state index is -4.55. The lowest BCUT2D eigenvalue weighted by Crippen LogP contribution is -2.19.